The second-order valence-corrected chi connectivity index (χ2v) is 10.0. The Morgan fingerprint density at radius 3 is 2.14 bits per heavy atom. The van der Waals surface area contributed by atoms with Crippen molar-refractivity contribution >= 4 is 69.7 Å². The van der Waals surface area contributed by atoms with E-state index in [2.05, 4.69) is 15.8 Å². The summed E-state index contributed by atoms with van der Waals surface area (Å²) < 4.78 is 56.1. The first-order valence-corrected chi connectivity index (χ1v) is 13.3. The monoisotopic (exact) mass is 673 g/mol. The maximum Gasteiger partial charge on any atom is 0.416 e. The summed E-state index contributed by atoms with van der Waals surface area (Å²) in [6, 6.07) is 7.35. The number of carbonyl (C=O) groups is 2. The number of amides is 4. The number of rotatable bonds is 6. The van der Waals surface area contributed by atoms with E-state index in [1.807, 2.05) is 0 Å². The summed E-state index contributed by atoms with van der Waals surface area (Å²) in [5.41, 5.74) is -2.17. The van der Waals surface area contributed by atoms with Crippen molar-refractivity contribution in [3.63, 3.8) is 0 Å². The number of nitrogens with one attached hydrogen (secondary N) is 2. The highest BCUT2D eigenvalue weighted by Gasteiger charge is 2.36. The van der Waals surface area contributed by atoms with E-state index in [1.165, 1.54) is 38.5 Å². The zero-order valence-corrected chi connectivity index (χ0v) is 25.1. The Kier molecular flexibility index (Phi) is 9.56. The summed E-state index contributed by atoms with van der Waals surface area (Å²) in [5.74, 6) is -0.231. The van der Waals surface area contributed by atoms with Crippen molar-refractivity contribution < 1.29 is 41.9 Å². The molecule has 0 bridgehead atoms. The fraction of sp³-hybridized carbons (Fsp3) is 0.148. The Labute approximate surface area is 262 Å². The summed E-state index contributed by atoms with van der Waals surface area (Å²) >= 11 is 18.7. The number of anilines is 4. The van der Waals surface area contributed by atoms with Gasteiger partial charge in [0, 0.05) is 17.2 Å². The number of hydrogen-bond donors (Lipinski definition) is 3. The number of phenols is 1. The maximum absolute atomic E-state index is 14.0. The van der Waals surface area contributed by atoms with E-state index in [0.717, 1.165) is 24.3 Å². The van der Waals surface area contributed by atoms with Crippen molar-refractivity contribution in [3.05, 3.63) is 81.0 Å². The predicted octanol–water partition coefficient (Wildman–Crippen LogP) is 8.38. The van der Waals surface area contributed by atoms with Crippen LogP contribution in [0.15, 0.2) is 59.1 Å². The van der Waals surface area contributed by atoms with Crippen LogP contribution in [0.1, 0.15) is 11.3 Å². The van der Waals surface area contributed by atoms with E-state index in [1.54, 1.807) is 6.92 Å². The normalized spacial score (nSPS) is 11.1. The van der Waals surface area contributed by atoms with Gasteiger partial charge in [0.15, 0.2) is 5.82 Å². The lowest BCUT2D eigenvalue weighted by molar-refractivity contribution is -0.137. The highest BCUT2D eigenvalue weighted by atomic mass is 35.5. The molecule has 17 heteroatoms. The van der Waals surface area contributed by atoms with Crippen LogP contribution < -0.4 is 30.1 Å². The molecule has 0 fully saturated rings. The minimum absolute atomic E-state index is 0.0138. The van der Waals surface area contributed by atoms with Crippen molar-refractivity contribution in [3.8, 4) is 17.2 Å². The van der Waals surface area contributed by atoms with Crippen molar-refractivity contribution in [2.45, 2.75) is 13.1 Å². The molecule has 44 heavy (non-hydrogen) atoms. The summed E-state index contributed by atoms with van der Waals surface area (Å²) in [6.07, 6.45) is -4.77. The molecule has 232 valence electrons. The second-order valence-electron chi connectivity index (χ2n) is 8.79. The van der Waals surface area contributed by atoms with E-state index in [-0.39, 0.29) is 38.1 Å². The minimum Gasteiger partial charge on any atom is -0.506 e. The number of aryl methyl sites for hydroxylation is 1. The Morgan fingerprint density at radius 2 is 1.52 bits per heavy atom. The van der Waals surface area contributed by atoms with E-state index >= 15 is 0 Å². The number of halogens is 6. The molecule has 0 spiro atoms. The molecule has 0 radical (unpaired) electrons. The third kappa shape index (κ3) is 6.98. The molecule has 1 aromatic heterocycles. The third-order valence-electron chi connectivity index (χ3n) is 5.83. The van der Waals surface area contributed by atoms with Gasteiger partial charge in [0.25, 0.3) is 0 Å². The Morgan fingerprint density at radius 1 is 0.864 bits per heavy atom. The molecule has 1 heterocycles. The minimum atomic E-state index is -4.77. The topological polar surface area (TPSA) is 129 Å². The van der Waals surface area contributed by atoms with Crippen LogP contribution in [0.4, 0.5) is 45.6 Å². The zero-order valence-electron chi connectivity index (χ0n) is 22.8. The molecule has 11 nitrogen and oxygen atoms in total. The Balaban J connectivity index is 1.95. The van der Waals surface area contributed by atoms with Gasteiger partial charge in [-0.25, -0.2) is 9.59 Å². The van der Waals surface area contributed by atoms with Gasteiger partial charge in [-0.1, -0.05) is 40.0 Å². The smallest absolute Gasteiger partial charge is 0.416 e. The van der Waals surface area contributed by atoms with Crippen molar-refractivity contribution in [2.24, 2.45) is 0 Å². The molecule has 4 rings (SSSR count). The average Bonchev–Trinajstić information content (AvgIpc) is 3.37. The number of ether oxygens (including phenoxy) is 2. The summed E-state index contributed by atoms with van der Waals surface area (Å²) in [7, 11) is 2.59. The van der Waals surface area contributed by atoms with Crippen LogP contribution in [0.25, 0.3) is 0 Å². The molecular formula is C27H21Cl3F3N5O6. The highest BCUT2D eigenvalue weighted by molar-refractivity contribution is 6.34. The predicted molar refractivity (Wildman–Crippen MR) is 158 cm³/mol. The number of alkyl halides is 3. The lowest BCUT2D eigenvalue weighted by Crippen LogP contribution is -2.54. The molecule has 0 unspecified atom stereocenters. The van der Waals surface area contributed by atoms with Crippen LogP contribution in [0.3, 0.4) is 0 Å². The van der Waals surface area contributed by atoms with Gasteiger partial charge in [-0.2, -0.15) is 23.2 Å². The standard InChI is InChI=1S/C27H21Cl3F3N5O6/c1-13-8-24(36-44-13)35-26(41)38(20-11-17(30)22(42-2)12-23(20)43-3)37(19-10-15(28)5-7-21(19)39)25(40)34-18-9-14(27(31,32)33)4-6-16(18)29/h4-12,39H,1-3H3,(H,34,40)(H,35,36,41). The molecule has 0 saturated carbocycles. The first kappa shape index (κ1) is 32.4. The first-order chi connectivity index (χ1) is 20.7. The summed E-state index contributed by atoms with van der Waals surface area (Å²) in [6.45, 7) is 1.56. The molecule has 0 aliphatic rings. The molecule has 3 aromatic carbocycles. The highest BCUT2D eigenvalue weighted by Crippen LogP contribution is 2.42. The van der Waals surface area contributed by atoms with Gasteiger partial charge < -0.3 is 24.4 Å². The number of hydrazine groups is 1. The number of methoxy groups -OCH3 is 2. The van der Waals surface area contributed by atoms with E-state index < -0.39 is 40.9 Å². The van der Waals surface area contributed by atoms with Crippen molar-refractivity contribution in [1.29, 1.82) is 0 Å². The zero-order chi connectivity index (χ0) is 32.3. The van der Waals surface area contributed by atoms with Gasteiger partial charge in [0.05, 0.1) is 35.5 Å². The molecule has 0 aliphatic carbocycles. The molecule has 0 atom stereocenters. The number of benzene rings is 3. The fourth-order valence-electron chi connectivity index (χ4n) is 3.85. The first-order valence-electron chi connectivity index (χ1n) is 12.2. The third-order valence-corrected chi connectivity index (χ3v) is 6.69. The molecule has 0 aliphatic heterocycles. The van der Waals surface area contributed by atoms with Gasteiger partial charge in [-0.05, 0) is 49.4 Å². The summed E-state index contributed by atoms with van der Waals surface area (Å²) in [5, 5.41) is 20.2. The van der Waals surface area contributed by atoms with Crippen LogP contribution >= 0.6 is 34.8 Å². The Bertz CT molecular complexity index is 1720. The van der Waals surface area contributed by atoms with E-state index in [9.17, 15) is 27.9 Å². The molecule has 4 aromatic rings. The molecular weight excluding hydrogens is 654 g/mol. The number of urea groups is 2. The molecule has 4 amide bonds. The van der Waals surface area contributed by atoms with Crippen LogP contribution in [0.2, 0.25) is 15.1 Å². The van der Waals surface area contributed by atoms with E-state index in [0.29, 0.717) is 21.8 Å². The second kappa shape index (κ2) is 13.0. The SMILES string of the molecule is COc1cc(OC)c(N(C(=O)Nc2cc(C)on2)N(C(=O)Nc2cc(C(F)(F)F)ccc2Cl)c2cc(Cl)ccc2O)cc1Cl. The number of hydrogen-bond acceptors (Lipinski definition) is 7. The quantitative estimate of drug-likeness (QED) is 0.175. The van der Waals surface area contributed by atoms with Crippen molar-refractivity contribution in [2.75, 3.05) is 34.9 Å². The number of carbonyl (C=O) groups excluding carboxylic acids is 2. The number of nitrogens with zero attached hydrogens (tertiary/aromatic N) is 3. The van der Waals surface area contributed by atoms with Gasteiger partial charge >= 0.3 is 18.2 Å². The number of aromatic hydroxyl groups is 1. The van der Waals surface area contributed by atoms with Gasteiger partial charge in [0.2, 0.25) is 0 Å². The lowest BCUT2D eigenvalue weighted by Gasteiger charge is -2.35. The largest absolute Gasteiger partial charge is 0.506 e. The molecule has 3 N–H and O–H groups in total. The lowest BCUT2D eigenvalue weighted by atomic mass is 10.2. The number of aromatic nitrogens is 1. The van der Waals surface area contributed by atoms with Gasteiger partial charge in [0.1, 0.15) is 34.4 Å². The summed E-state index contributed by atoms with van der Waals surface area (Å²) in [4.78, 5) is 28.0. The van der Waals surface area contributed by atoms with Gasteiger partial charge in [-0.15, -0.1) is 0 Å². The van der Waals surface area contributed by atoms with Crippen LogP contribution in [0.5, 0.6) is 17.2 Å². The van der Waals surface area contributed by atoms with Crippen LogP contribution in [0, 0.1) is 6.92 Å². The van der Waals surface area contributed by atoms with Gasteiger partial charge in [-0.3, -0.25) is 5.32 Å². The average molecular weight is 675 g/mol. The number of phenolic OH excluding ortho intramolecular Hbond substituents is 1. The Hall–Kier alpha value is -4.53. The van der Waals surface area contributed by atoms with Crippen LogP contribution in [-0.2, 0) is 6.18 Å². The van der Waals surface area contributed by atoms with E-state index in [4.69, 9.17) is 48.8 Å². The van der Waals surface area contributed by atoms with Crippen molar-refractivity contribution in [1.82, 2.24) is 5.16 Å². The van der Waals surface area contributed by atoms with Crippen LogP contribution in [-0.4, -0.2) is 36.5 Å². The fourth-order valence-corrected chi connectivity index (χ4v) is 4.41. The maximum atomic E-state index is 14.0. The molecule has 0 saturated heterocycles.